The van der Waals surface area contributed by atoms with Gasteiger partial charge < -0.3 is 5.73 Å². The fraction of sp³-hybridized carbons (Fsp3) is 0.214. The number of nitrogens with two attached hydrogens (primary N) is 1. The van der Waals surface area contributed by atoms with Crippen LogP contribution in [0, 0.1) is 5.82 Å². The summed E-state index contributed by atoms with van der Waals surface area (Å²) in [6.07, 6.45) is 6.08. The van der Waals surface area contributed by atoms with Crippen molar-refractivity contribution in [3.05, 3.63) is 47.5 Å². The second-order valence-corrected chi connectivity index (χ2v) is 4.37. The summed E-state index contributed by atoms with van der Waals surface area (Å²) in [5.74, 6) is -0.126. The minimum Gasteiger partial charge on any atom is -0.398 e. The van der Waals surface area contributed by atoms with Gasteiger partial charge in [0.1, 0.15) is 5.82 Å². The second kappa shape index (κ2) is 3.84. The highest BCUT2D eigenvalue weighted by molar-refractivity contribution is 5.80. The molecule has 0 fully saturated rings. The first-order chi connectivity index (χ1) is 8.27. The molecule has 0 saturated heterocycles. The van der Waals surface area contributed by atoms with E-state index in [4.69, 9.17) is 5.73 Å². The molecule has 17 heavy (non-hydrogen) atoms. The molecule has 1 aromatic carbocycles. The zero-order valence-corrected chi connectivity index (χ0v) is 9.41. The maximum Gasteiger partial charge on any atom is 0.127 e. The standard InChI is InChI=1S/C14H13FN2/c15-13-8-12(9-4-6-17-7-5-9)14(16)11-3-1-2-10(11)13/h4-8H,1-3,16H2. The number of anilines is 1. The third-order valence-electron chi connectivity index (χ3n) is 3.38. The molecule has 0 saturated carbocycles. The van der Waals surface area contributed by atoms with E-state index in [9.17, 15) is 4.39 Å². The van der Waals surface area contributed by atoms with E-state index in [-0.39, 0.29) is 5.82 Å². The molecule has 1 heterocycles. The lowest BCUT2D eigenvalue weighted by atomic mass is 9.98. The van der Waals surface area contributed by atoms with Crippen LogP contribution >= 0.6 is 0 Å². The van der Waals surface area contributed by atoms with Crippen LogP contribution in [0.25, 0.3) is 11.1 Å². The molecule has 86 valence electrons. The first-order valence-corrected chi connectivity index (χ1v) is 5.77. The molecule has 0 aliphatic heterocycles. The first-order valence-electron chi connectivity index (χ1n) is 5.77. The predicted molar refractivity (Wildman–Crippen MR) is 66.1 cm³/mol. The number of aromatic nitrogens is 1. The van der Waals surface area contributed by atoms with Crippen LogP contribution in [-0.2, 0) is 12.8 Å². The zero-order chi connectivity index (χ0) is 11.8. The molecule has 3 heteroatoms. The molecular formula is C14H13FN2. The van der Waals surface area contributed by atoms with Gasteiger partial charge in [-0.05, 0) is 54.2 Å². The number of hydrogen-bond acceptors (Lipinski definition) is 2. The number of pyridine rings is 1. The van der Waals surface area contributed by atoms with Crippen LogP contribution in [0.1, 0.15) is 17.5 Å². The molecular weight excluding hydrogens is 215 g/mol. The molecule has 2 nitrogen and oxygen atoms in total. The van der Waals surface area contributed by atoms with Crippen LogP contribution in [0.4, 0.5) is 10.1 Å². The Labute approximate surface area is 99.3 Å². The predicted octanol–water partition coefficient (Wildman–Crippen LogP) is 2.96. The Morgan fingerprint density at radius 2 is 1.82 bits per heavy atom. The molecule has 0 atom stereocenters. The van der Waals surface area contributed by atoms with Crippen molar-refractivity contribution < 1.29 is 4.39 Å². The lowest BCUT2D eigenvalue weighted by Gasteiger charge is -2.11. The molecule has 0 bridgehead atoms. The maximum atomic E-state index is 13.9. The number of hydrogen-bond donors (Lipinski definition) is 1. The quantitative estimate of drug-likeness (QED) is 0.762. The van der Waals surface area contributed by atoms with Crippen molar-refractivity contribution in [3.63, 3.8) is 0 Å². The topological polar surface area (TPSA) is 38.9 Å². The zero-order valence-electron chi connectivity index (χ0n) is 9.41. The second-order valence-electron chi connectivity index (χ2n) is 4.37. The number of benzene rings is 1. The van der Waals surface area contributed by atoms with E-state index in [1.807, 2.05) is 12.1 Å². The minimum atomic E-state index is -0.126. The van der Waals surface area contributed by atoms with Gasteiger partial charge in [-0.2, -0.15) is 0 Å². The van der Waals surface area contributed by atoms with Crippen LogP contribution in [0.2, 0.25) is 0 Å². The summed E-state index contributed by atoms with van der Waals surface area (Å²) >= 11 is 0. The molecule has 1 aliphatic carbocycles. The minimum absolute atomic E-state index is 0.126. The van der Waals surface area contributed by atoms with Crippen molar-refractivity contribution in [2.24, 2.45) is 0 Å². The van der Waals surface area contributed by atoms with Gasteiger partial charge in [-0.15, -0.1) is 0 Å². The summed E-state index contributed by atoms with van der Waals surface area (Å²) in [5.41, 5.74) is 10.4. The van der Waals surface area contributed by atoms with Crippen LogP contribution in [0.3, 0.4) is 0 Å². The summed E-state index contributed by atoms with van der Waals surface area (Å²) in [6.45, 7) is 0. The van der Waals surface area contributed by atoms with Crippen LogP contribution < -0.4 is 5.73 Å². The molecule has 0 spiro atoms. The lowest BCUT2D eigenvalue weighted by Crippen LogP contribution is -2.00. The van der Waals surface area contributed by atoms with Gasteiger partial charge in [-0.25, -0.2) is 4.39 Å². The Kier molecular flexibility index (Phi) is 2.32. The smallest absolute Gasteiger partial charge is 0.127 e. The maximum absolute atomic E-state index is 13.9. The molecule has 3 rings (SSSR count). The number of nitrogen functional groups attached to an aromatic ring is 1. The number of fused-ring (bicyclic) bond motifs is 1. The number of halogens is 1. The SMILES string of the molecule is Nc1c(-c2ccncc2)cc(F)c2c1CCC2. The molecule has 0 radical (unpaired) electrons. The summed E-state index contributed by atoms with van der Waals surface area (Å²) < 4.78 is 13.9. The Balaban J connectivity index is 2.23. The van der Waals surface area contributed by atoms with Crippen LogP contribution in [0.15, 0.2) is 30.6 Å². The average molecular weight is 228 g/mol. The Morgan fingerprint density at radius 1 is 1.12 bits per heavy atom. The molecule has 1 aromatic heterocycles. The van der Waals surface area contributed by atoms with Crippen molar-refractivity contribution in [2.75, 3.05) is 5.73 Å². The molecule has 0 amide bonds. The summed E-state index contributed by atoms with van der Waals surface area (Å²) in [5, 5.41) is 0. The van der Waals surface area contributed by atoms with Gasteiger partial charge >= 0.3 is 0 Å². The van der Waals surface area contributed by atoms with Crippen molar-refractivity contribution >= 4 is 5.69 Å². The summed E-state index contributed by atoms with van der Waals surface area (Å²) in [7, 11) is 0. The van der Waals surface area contributed by atoms with Gasteiger partial charge in [-0.1, -0.05) is 0 Å². The summed E-state index contributed by atoms with van der Waals surface area (Å²) in [4.78, 5) is 3.96. The molecule has 0 unspecified atom stereocenters. The monoisotopic (exact) mass is 228 g/mol. The average Bonchev–Trinajstić information content (AvgIpc) is 2.85. The Bertz CT molecular complexity index is 564. The highest BCUT2D eigenvalue weighted by Gasteiger charge is 2.21. The van der Waals surface area contributed by atoms with E-state index >= 15 is 0 Å². The van der Waals surface area contributed by atoms with E-state index in [0.717, 1.165) is 47.2 Å². The normalized spacial score (nSPS) is 13.7. The Morgan fingerprint density at radius 3 is 2.59 bits per heavy atom. The van der Waals surface area contributed by atoms with Crippen molar-refractivity contribution in [3.8, 4) is 11.1 Å². The van der Waals surface area contributed by atoms with E-state index < -0.39 is 0 Å². The van der Waals surface area contributed by atoms with E-state index in [0.29, 0.717) is 0 Å². The lowest BCUT2D eigenvalue weighted by molar-refractivity contribution is 0.613. The third kappa shape index (κ3) is 1.58. The number of rotatable bonds is 1. The van der Waals surface area contributed by atoms with E-state index in [2.05, 4.69) is 4.98 Å². The fourth-order valence-corrected chi connectivity index (χ4v) is 2.53. The third-order valence-corrected chi connectivity index (χ3v) is 3.38. The van der Waals surface area contributed by atoms with Gasteiger partial charge in [0.05, 0.1) is 0 Å². The summed E-state index contributed by atoms with van der Waals surface area (Å²) in [6, 6.07) is 5.26. The van der Waals surface area contributed by atoms with Gasteiger partial charge in [0, 0.05) is 23.6 Å². The van der Waals surface area contributed by atoms with Gasteiger partial charge in [0.15, 0.2) is 0 Å². The molecule has 2 aromatic rings. The van der Waals surface area contributed by atoms with E-state index in [1.165, 1.54) is 0 Å². The van der Waals surface area contributed by atoms with Gasteiger partial charge in [0.25, 0.3) is 0 Å². The molecule has 2 N–H and O–H groups in total. The van der Waals surface area contributed by atoms with Crippen molar-refractivity contribution in [1.29, 1.82) is 0 Å². The largest absolute Gasteiger partial charge is 0.398 e. The van der Waals surface area contributed by atoms with Crippen LogP contribution in [-0.4, -0.2) is 4.98 Å². The van der Waals surface area contributed by atoms with Gasteiger partial charge in [0.2, 0.25) is 0 Å². The van der Waals surface area contributed by atoms with Crippen molar-refractivity contribution in [1.82, 2.24) is 4.98 Å². The van der Waals surface area contributed by atoms with E-state index in [1.54, 1.807) is 18.5 Å². The highest BCUT2D eigenvalue weighted by Crippen LogP contribution is 2.36. The van der Waals surface area contributed by atoms with Crippen LogP contribution in [0.5, 0.6) is 0 Å². The number of nitrogens with zero attached hydrogens (tertiary/aromatic N) is 1. The van der Waals surface area contributed by atoms with Gasteiger partial charge in [-0.3, -0.25) is 4.98 Å². The molecule has 1 aliphatic rings. The first kappa shape index (κ1) is 10.3. The fourth-order valence-electron chi connectivity index (χ4n) is 2.53. The Hall–Kier alpha value is -1.90. The van der Waals surface area contributed by atoms with Crippen molar-refractivity contribution in [2.45, 2.75) is 19.3 Å². The highest BCUT2D eigenvalue weighted by atomic mass is 19.1.